The molecule has 118 valence electrons. The number of benzene rings is 1. The molecular formula is C18H20N4O. The molecular weight excluding hydrogens is 288 g/mol. The molecule has 23 heavy (non-hydrogen) atoms. The number of hydrogen-bond donors (Lipinski definition) is 2. The van der Waals surface area contributed by atoms with Crippen LogP contribution < -0.4 is 5.32 Å². The largest absolute Gasteiger partial charge is 0.394 e. The monoisotopic (exact) mass is 308 g/mol. The van der Waals surface area contributed by atoms with Crippen molar-refractivity contribution in [3.63, 3.8) is 0 Å². The summed E-state index contributed by atoms with van der Waals surface area (Å²) in [7, 11) is 0. The smallest absolute Gasteiger partial charge is 0.125 e. The summed E-state index contributed by atoms with van der Waals surface area (Å²) in [5, 5.41) is 17.3. The molecule has 0 unspecified atom stereocenters. The molecule has 0 fully saturated rings. The van der Waals surface area contributed by atoms with Crippen LogP contribution in [0.3, 0.4) is 0 Å². The number of aromatic nitrogens is 3. The second-order valence-electron chi connectivity index (χ2n) is 5.39. The third-order valence-electron chi connectivity index (χ3n) is 3.74. The van der Waals surface area contributed by atoms with E-state index in [1.165, 1.54) is 5.56 Å². The van der Waals surface area contributed by atoms with Crippen LogP contribution in [0.2, 0.25) is 0 Å². The Balaban J connectivity index is 1.85. The number of rotatable bonds is 6. The Morgan fingerprint density at radius 1 is 1.13 bits per heavy atom. The Labute approximate surface area is 135 Å². The molecule has 0 saturated heterocycles. The summed E-state index contributed by atoms with van der Waals surface area (Å²) in [6, 6.07) is 14.1. The Kier molecular flexibility index (Phi) is 4.68. The number of hydrogen-bond acceptors (Lipinski definition) is 4. The van der Waals surface area contributed by atoms with Crippen LogP contribution >= 0.6 is 0 Å². The molecule has 0 aliphatic carbocycles. The molecule has 0 aliphatic rings. The Bertz CT molecular complexity index is 768. The highest BCUT2D eigenvalue weighted by molar-refractivity contribution is 5.66. The fourth-order valence-corrected chi connectivity index (χ4v) is 2.51. The van der Waals surface area contributed by atoms with Crippen LogP contribution in [-0.4, -0.2) is 26.5 Å². The highest BCUT2D eigenvalue weighted by Gasteiger charge is 2.10. The Morgan fingerprint density at radius 3 is 2.65 bits per heavy atom. The maximum absolute atomic E-state index is 9.27. The lowest BCUT2D eigenvalue weighted by Crippen LogP contribution is -2.10. The van der Waals surface area contributed by atoms with Gasteiger partial charge in [-0.25, -0.2) is 4.68 Å². The predicted octanol–water partition coefficient (Wildman–Crippen LogP) is 2.86. The van der Waals surface area contributed by atoms with Gasteiger partial charge in [-0.3, -0.25) is 4.98 Å². The van der Waals surface area contributed by atoms with E-state index in [4.69, 9.17) is 0 Å². The van der Waals surface area contributed by atoms with Crippen molar-refractivity contribution >= 4 is 5.82 Å². The van der Waals surface area contributed by atoms with Crippen LogP contribution in [0.15, 0.2) is 54.9 Å². The van der Waals surface area contributed by atoms with Crippen LogP contribution in [0.25, 0.3) is 11.3 Å². The highest BCUT2D eigenvalue weighted by Crippen LogP contribution is 2.25. The van der Waals surface area contributed by atoms with Crippen molar-refractivity contribution in [2.24, 2.45) is 0 Å². The van der Waals surface area contributed by atoms with Gasteiger partial charge in [0, 0.05) is 30.6 Å². The standard InChI is InChI=1S/C18H20N4O/c1-14-4-2-3-5-16(14)17-12-18(22(21-17)10-11-23)20-13-15-6-8-19-9-7-15/h2-9,12,20,23H,10-11,13H2,1H3. The van der Waals surface area contributed by atoms with Gasteiger partial charge >= 0.3 is 0 Å². The summed E-state index contributed by atoms with van der Waals surface area (Å²) >= 11 is 0. The maximum atomic E-state index is 9.27. The zero-order chi connectivity index (χ0) is 16.1. The molecule has 0 radical (unpaired) electrons. The third-order valence-corrected chi connectivity index (χ3v) is 3.74. The molecule has 3 rings (SSSR count). The van der Waals surface area contributed by atoms with E-state index in [1.54, 1.807) is 12.4 Å². The number of aliphatic hydroxyl groups excluding tert-OH is 1. The average Bonchev–Trinajstić information content (AvgIpc) is 2.97. The molecule has 2 aromatic heterocycles. The average molecular weight is 308 g/mol. The zero-order valence-electron chi connectivity index (χ0n) is 13.1. The molecule has 3 aromatic rings. The quantitative estimate of drug-likeness (QED) is 0.735. The molecule has 5 heteroatoms. The van der Waals surface area contributed by atoms with Crippen LogP contribution in [0, 0.1) is 6.92 Å². The summed E-state index contributed by atoms with van der Waals surface area (Å²) < 4.78 is 1.81. The third kappa shape index (κ3) is 3.57. The number of aryl methyl sites for hydroxylation is 1. The molecule has 0 spiro atoms. The van der Waals surface area contributed by atoms with Crippen molar-refractivity contribution in [3.05, 3.63) is 66.0 Å². The molecule has 0 atom stereocenters. The van der Waals surface area contributed by atoms with Gasteiger partial charge in [0.25, 0.3) is 0 Å². The summed E-state index contributed by atoms with van der Waals surface area (Å²) in [6.45, 7) is 3.28. The number of nitrogens with zero attached hydrogens (tertiary/aromatic N) is 3. The summed E-state index contributed by atoms with van der Waals surface area (Å²) in [5.74, 6) is 0.897. The van der Waals surface area contributed by atoms with Crippen LogP contribution in [0.4, 0.5) is 5.82 Å². The van der Waals surface area contributed by atoms with E-state index in [0.717, 1.165) is 22.6 Å². The van der Waals surface area contributed by atoms with Gasteiger partial charge in [-0.15, -0.1) is 0 Å². The minimum atomic E-state index is 0.0544. The number of pyridine rings is 1. The first-order valence-corrected chi connectivity index (χ1v) is 7.65. The van der Waals surface area contributed by atoms with E-state index in [0.29, 0.717) is 13.1 Å². The highest BCUT2D eigenvalue weighted by atomic mass is 16.3. The van der Waals surface area contributed by atoms with Crippen molar-refractivity contribution < 1.29 is 5.11 Å². The second kappa shape index (κ2) is 7.07. The minimum absolute atomic E-state index is 0.0544. The number of nitrogens with one attached hydrogen (secondary N) is 1. The lowest BCUT2D eigenvalue weighted by Gasteiger charge is -2.08. The van der Waals surface area contributed by atoms with E-state index in [-0.39, 0.29) is 6.61 Å². The van der Waals surface area contributed by atoms with Crippen LogP contribution in [0.1, 0.15) is 11.1 Å². The normalized spacial score (nSPS) is 10.7. The predicted molar refractivity (Wildman–Crippen MR) is 91.0 cm³/mol. The molecule has 1 aromatic carbocycles. The Morgan fingerprint density at radius 2 is 1.91 bits per heavy atom. The summed E-state index contributed by atoms with van der Waals surface area (Å²) in [5.41, 5.74) is 4.35. The van der Waals surface area contributed by atoms with Gasteiger partial charge in [0.05, 0.1) is 18.8 Å². The zero-order valence-corrected chi connectivity index (χ0v) is 13.1. The van der Waals surface area contributed by atoms with Gasteiger partial charge in [0.15, 0.2) is 0 Å². The van der Waals surface area contributed by atoms with Crippen LogP contribution in [-0.2, 0) is 13.1 Å². The summed E-state index contributed by atoms with van der Waals surface area (Å²) in [4.78, 5) is 4.02. The Hall–Kier alpha value is -2.66. The first kappa shape index (κ1) is 15.2. The first-order valence-electron chi connectivity index (χ1n) is 7.65. The van der Waals surface area contributed by atoms with Crippen molar-refractivity contribution in [1.82, 2.24) is 14.8 Å². The van der Waals surface area contributed by atoms with Crippen molar-refractivity contribution in [1.29, 1.82) is 0 Å². The van der Waals surface area contributed by atoms with Gasteiger partial charge in [-0.1, -0.05) is 24.3 Å². The van der Waals surface area contributed by atoms with Gasteiger partial charge in [-0.05, 0) is 30.2 Å². The second-order valence-corrected chi connectivity index (χ2v) is 5.39. The van der Waals surface area contributed by atoms with Gasteiger partial charge in [-0.2, -0.15) is 5.10 Å². The van der Waals surface area contributed by atoms with Crippen molar-refractivity contribution in [3.8, 4) is 11.3 Å². The molecule has 0 aliphatic heterocycles. The lowest BCUT2D eigenvalue weighted by atomic mass is 10.1. The fourth-order valence-electron chi connectivity index (χ4n) is 2.51. The molecule has 2 N–H and O–H groups in total. The molecule has 0 amide bonds. The summed E-state index contributed by atoms with van der Waals surface area (Å²) in [6.07, 6.45) is 3.56. The van der Waals surface area contributed by atoms with Gasteiger partial charge in [0.1, 0.15) is 5.82 Å². The van der Waals surface area contributed by atoms with E-state index < -0.39 is 0 Å². The molecule has 0 bridgehead atoms. The number of anilines is 1. The molecule has 2 heterocycles. The molecule has 5 nitrogen and oxygen atoms in total. The SMILES string of the molecule is Cc1ccccc1-c1cc(NCc2ccncc2)n(CCO)n1. The fraction of sp³-hybridized carbons (Fsp3) is 0.222. The van der Waals surface area contributed by atoms with E-state index >= 15 is 0 Å². The van der Waals surface area contributed by atoms with E-state index in [2.05, 4.69) is 34.5 Å². The van der Waals surface area contributed by atoms with Crippen molar-refractivity contribution in [2.45, 2.75) is 20.0 Å². The van der Waals surface area contributed by atoms with Gasteiger partial charge in [0.2, 0.25) is 0 Å². The van der Waals surface area contributed by atoms with E-state index in [1.807, 2.05) is 35.0 Å². The topological polar surface area (TPSA) is 63.0 Å². The maximum Gasteiger partial charge on any atom is 0.125 e. The van der Waals surface area contributed by atoms with Gasteiger partial charge < -0.3 is 10.4 Å². The van der Waals surface area contributed by atoms with E-state index in [9.17, 15) is 5.11 Å². The first-order chi connectivity index (χ1) is 11.3. The number of aliphatic hydroxyl groups is 1. The minimum Gasteiger partial charge on any atom is -0.394 e. The lowest BCUT2D eigenvalue weighted by molar-refractivity contribution is 0.270. The van der Waals surface area contributed by atoms with Crippen molar-refractivity contribution in [2.75, 3.05) is 11.9 Å². The molecule has 0 saturated carbocycles. The van der Waals surface area contributed by atoms with Crippen LogP contribution in [0.5, 0.6) is 0 Å².